The Morgan fingerprint density at radius 3 is 2.33 bits per heavy atom. The van der Waals surface area contributed by atoms with Gasteiger partial charge in [-0.3, -0.25) is 0 Å². The van der Waals surface area contributed by atoms with E-state index in [4.69, 9.17) is 4.74 Å². The van der Waals surface area contributed by atoms with Crippen LogP contribution in [0.5, 0.6) is 0 Å². The number of hydrogen-bond acceptors (Lipinski definition) is 3. The highest BCUT2D eigenvalue weighted by Crippen LogP contribution is 2.33. The van der Waals surface area contributed by atoms with Crippen molar-refractivity contribution in [2.45, 2.75) is 33.6 Å². The van der Waals surface area contributed by atoms with Crippen LogP contribution >= 0.6 is 0 Å². The van der Waals surface area contributed by atoms with Crippen molar-refractivity contribution < 1.29 is 4.74 Å². The minimum atomic E-state index is 0.456. The van der Waals surface area contributed by atoms with Gasteiger partial charge in [0.05, 0.1) is 0 Å². The SMILES string of the molecule is CCNCC1(CN2CC(C)C(C)C2)CCOCC1. The van der Waals surface area contributed by atoms with Crippen LogP contribution < -0.4 is 5.32 Å². The summed E-state index contributed by atoms with van der Waals surface area (Å²) in [6.07, 6.45) is 2.44. The van der Waals surface area contributed by atoms with Gasteiger partial charge in [0.1, 0.15) is 0 Å². The molecule has 0 spiro atoms. The molecule has 1 N–H and O–H groups in total. The lowest BCUT2D eigenvalue weighted by atomic mass is 9.79. The first-order valence-electron chi connectivity index (χ1n) is 7.66. The molecule has 0 aromatic carbocycles. The Morgan fingerprint density at radius 1 is 1.17 bits per heavy atom. The molecule has 2 atom stereocenters. The van der Waals surface area contributed by atoms with Crippen LogP contribution in [0.15, 0.2) is 0 Å². The molecule has 0 amide bonds. The molecule has 106 valence electrons. The first kappa shape index (κ1) is 14.3. The summed E-state index contributed by atoms with van der Waals surface area (Å²) in [5.74, 6) is 1.72. The molecule has 3 nitrogen and oxygen atoms in total. The summed E-state index contributed by atoms with van der Waals surface area (Å²) in [5, 5.41) is 3.57. The number of likely N-dealkylation sites (tertiary alicyclic amines) is 1. The van der Waals surface area contributed by atoms with Crippen molar-refractivity contribution >= 4 is 0 Å². The van der Waals surface area contributed by atoms with Gasteiger partial charge in [0.2, 0.25) is 0 Å². The largest absolute Gasteiger partial charge is 0.381 e. The third-order valence-electron chi connectivity index (χ3n) is 4.93. The van der Waals surface area contributed by atoms with Crippen LogP contribution in [-0.4, -0.2) is 50.8 Å². The first-order valence-corrected chi connectivity index (χ1v) is 7.66. The maximum Gasteiger partial charge on any atom is 0.0472 e. The number of hydrogen-bond donors (Lipinski definition) is 1. The Balaban J connectivity index is 1.92. The third-order valence-corrected chi connectivity index (χ3v) is 4.93. The number of nitrogens with one attached hydrogen (secondary N) is 1. The summed E-state index contributed by atoms with van der Waals surface area (Å²) in [5.41, 5.74) is 0.456. The molecule has 2 rings (SSSR count). The molecule has 0 radical (unpaired) electrons. The molecule has 0 saturated carbocycles. The Bertz CT molecular complexity index is 241. The van der Waals surface area contributed by atoms with Gasteiger partial charge in [-0.2, -0.15) is 0 Å². The van der Waals surface area contributed by atoms with E-state index in [-0.39, 0.29) is 0 Å². The molecule has 3 heteroatoms. The zero-order valence-electron chi connectivity index (χ0n) is 12.4. The van der Waals surface area contributed by atoms with Gasteiger partial charge in [-0.25, -0.2) is 0 Å². The molecule has 18 heavy (non-hydrogen) atoms. The predicted molar refractivity (Wildman–Crippen MR) is 75.8 cm³/mol. The predicted octanol–water partition coefficient (Wildman–Crippen LogP) is 1.98. The van der Waals surface area contributed by atoms with Gasteiger partial charge in [-0.15, -0.1) is 0 Å². The lowest BCUT2D eigenvalue weighted by molar-refractivity contribution is -0.00139. The average molecular weight is 254 g/mol. The summed E-state index contributed by atoms with van der Waals surface area (Å²) in [7, 11) is 0. The summed E-state index contributed by atoms with van der Waals surface area (Å²) >= 11 is 0. The Hall–Kier alpha value is -0.120. The van der Waals surface area contributed by atoms with E-state index in [0.29, 0.717) is 5.41 Å². The molecule has 2 fully saturated rings. The molecule has 0 aromatic heterocycles. The maximum atomic E-state index is 5.57. The molecule has 2 aliphatic heterocycles. The smallest absolute Gasteiger partial charge is 0.0472 e. The third kappa shape index (κ3) is 3.46. The van der Waals surface area contributed by atoms with Gasteiger partial charge in [-0.05, 0) is 36.6 Å². The molecule has 0 bridgehead atoms. The molecule has 0 aromatic rings. The van der Waals surface area contributed by atoms with Crippen molar-refractivity contribution in [1.82, 2.24) is 10.2 Å². The van der Waals surface area contributed by atoms with Crippen LogP contribution in [0, 0.1) is 17.3 Å². The van der Waals surface area contributed by atoms with E-state index in [9.17, 15) is 0 Å². The second kappa shape index (κ2) is 6.36. The fraction of sp³-hybridized carbons (Fsp3) is 1.00. The lowest BCUT2D eigenvalue weighted by Gasteiger charge is -2.40. The van der Waals surface area contributed by atoms with Gasteiger partial charge in [0.15, 0.2) is 0 Å². The van der Waals surface area contributed by atoms with E-state index in [2.05, 4.69) is 31.0 Å². The van der Waals surface area contributed by atoms with E-state index in [1.54, 1.807) is 0 Å². The fourth-order valence-corrected chi connectivity index (χ4v) is 3.44. The lowest BCUT2D eigenvalue weighted by Crippen LogP contribution is -2.47. The highest BCUT2D eigenvalue weighted by atomic mass is 16.5. The van der Waals surface area contributed by atoms with Crippen molar-refractivity contribution in [2.75, 3.05) is 45.9 Å². The van der Waals surface area contributed by atoms with Crippen LogP contribution in [0.4, 0.5) is 0 Å². The number of rotatable bonds is 5. The molecule has 2 unspecified atom stereocenters. The molecular weight excluding hydrogens is 224 g/mol. The Morgan fingerprint density at radius 2 is 1.78 bits per heavy atom. The van der Waals surface area contributed by atoms with Crippen molar-refractivity contribution in [3.8, 4) is 0 Å². The van der Waals surface area contributed by atoms with Crippen molar-refractivity contribution in [3.63, 3.8) is 0 Å². The van der Waals surface area contributed by atoms with Crippen LogP contribution in [0.25, 0.3) is 0 Å². The molecule has 0 aliphatic carbocycles. The van der Waals surface area contributed by atoms with Crippen LogP contribution in [0.2, 0.25) is 0 Å². The summed E-state index contributed by atoms with van der Waals surface area (Å²) < 4.78 is 5.57. The summed E-state index contributed by atoms with van der Waals surface area (Å²) in [6, 6.07) is 0. The van der Waals surface area contributed by atoms with E-state index >= 15 is 0 Å². The zero-order valence-corrected chi connectivity index (χ0v) is 12.4. The summed E-state index contributed by atoms with van der Waals surface area (Å²) in [4.78, 5) is 2.69. The molecular formula is C15H30N2O. The monoisotopic (exact) mass is 254 g/mol. The maximum absolute atomic E-state index is 5.57. The van der Waals surface area contributed by atoms with Crippen molar-refractivity contribution in [2.24, 2.45) is 17.3 Å². The normalized spacial score (nSPS) is 32.8. The van der Waals surface area contributed by atoms with Crippen LogP contribution in [0.1, 0.15) is 33.6 Å². The van der Waals surface area contributed by atoms with E-state index < -0.39 is 0 Å². The second-order valence-corrected chi connectivity index (χ2v) is 6.54. The highest BCUT2D eigenvalue weighted by Gasteiger charge is 2.37. The Labute approximate surface area is 112 Å². The van der Waals surface area contributed by atoms with Gasteiger partial charge in [-0.1, -0.05) is 20.8 Å². The second-order valence-electron chi connectivity index (χ2n) is 6.54. The van der Waals surface area contributed by atoms with Gasteiger partial charge in [0, 0.05) is 39.4 Å². The van der Waals surface area contributed by atoms with Crippen molar-refractivity contribution in [1.29, 1.82) is 0 Å². The number of ether oxygens (including phenoxy) is 1. The Kier molecular flexibility index (Phi) is 5.05. The van der Waals surface area contributed by atoms with E-state index in [1.807, 2.05) is 0 Å². The quantitative estimate of drug-likeness (QED) is 0.812. The highest BCUT2D eigenvalue weighted by molar-refractivity contribution is 4.90. The van der Waals surface area contributed by atoms with E-state index in [0.717, 1.165) is 38.1 Å². The van der Waals surface area contributed by atoms with Crippen molar-refractivity contribution in [3.05, 3.63) is 0 Å². The van der Waals surface area contributed by atoms with Gasteiger partial charge >= 0.3 is 0 Å². The van der Waals surface area contributed by atoms with Crippen LogP contribution in [-0.2, 0) is 4.74 Å². The first-order chi connectivity index (χ1) is 8.65. The fourth-order valence-electron chi connectivity index (χ4n) is 3.44. The number of nitrogens with zero attached hydrogens (tertiary/aromatic N) is 1. The van der Waals surface area contributed by atoms with Crippen LogP contribution in [0.3, 0.4) is 0 Å². The van der Waals surface area contributed by atoms with Gasteiger partial charge < -0.3 is 15.0 Å². The molecule has 2 heterocycles. The minimum Gasteiger partial charge on any atom is -0.381 e. The zero-order chi connectivity index (χ0) is 13.0. The molecule has 2 saturated heterocycles. The van der Waals surface area contributed by atoms with E-state index in [1.165, 1.54) is 32.5 Å². The topological polar surface area (TPSA) is 24.5 Å². The van der Waals surface area contributed by atoms with Gasteiger partial charge in [0.25, 0.3) is 0 Å². The minimum absolute atomic E-state index is 0.456. The standard InChI is InChI=1S/C15H30N2O/c1-4-16-11-15(5-7-18-8-6-15)12-17-9-13(2)14(3)10-17/h13-14,16H,4-12H2,1-3H3. The average Bonchev–Trinajstić information content (AvgIpc) is 2.67. The summed E-state index contributed by atoms with van der Waals surface area (Å²) in [6.45, 7) is 15.0. The molecule has 2 aliphatic rings.